The van der Waals surface area contributed by atoms with E-state index in [-0.39, 0.29) is 16.8 Å². The van der Waals surface area contributed by atoms with Crippen molar-refractivity contribution < 1.29 is 17.9 Å². The summed E-state index contributed by atoms with van der Waals surface area (Å²) in [5, 5.41) is 2.98. The highest BCUT2D eigenvalue weighted by Gasteiger charge is 2.29. The highest BCUT2D eigenvalue weighted by molar-refractivity contribution is 7.92. The number of carbonyl (C=O) groups is 1. The van der Waals surface area contributed by atoms with E-state index < -0.39 is 10.0 Å². The Morgan fingerprint density at radius 3 is 2.30 bits per heavy atom. The number of amides is 1. The molecule has 0 saturated heterocycles. The number of anilines is 1. The molecule has 1 saturated carbocycles. The van der Waals surface area contributed by atoms with Crippen molar-refractivity contribution in [1.29, 1.82) is 0 Å². The molecular weight excluding hydrogens is 364 g/mol. The van der Waals surface area contributed by atoms with E-state index in [2.05, 4.69) is 10.0 Å². The maximum Gasteiger partial charge on any atom is 0.261 e. The predicted molar refractivity (Wildman–Crippen MR) is 105 cm³/mol. The van der Waals surface area contributed by atoms with Crippen molar-refractivity contribution in [2.45, 2.75) is 37.6 Å². The molecule has 3 rings (SSSR count). The van der Waals surface area contributed by atoms with E-state index in [1.807, 2.05) is 13.8 Å². The SMILES string of the molecule is CCOc1ccc(S(=O)(=O)Nc2ccc(C(=O)NC(C)C3CC3)cc2)cc1. The zero-order chi connectivity index (χ0) is 19.4. The molecule has 1 amide bonds. The van der Waals surface area contributed by atoms with Gasteiger partial charge in [-0.05, 0) is 81.1 Å². The molecule has 0 heterocycles. The lowest BCUT2D eigenvalue weighted by Crippen LogP contribution is -2.33. The first-order chi connectivity index (χ1) is 12.9. The van der Waals surface area contributed by atoms with Crippen LogP contribution in [0.2, 0.25) is 0 Å². The molecule has 0 bridgehead atoms. The summed E-state index contributed by atoms with van der Waals surface area (Å²) < 4.78 is 32.8. The van der Waals surface area contributed by atoms with Crippen molar-refractivity contribution in [2.75, 3.05) is 11.3 Å². The zero-order valence-electron chi connectivity index (χ0n) is 15.4. The van der Waals surface area contributed by atoms with Crippen LogP contribution in [0, 0.1) is 5.92 Å². The number of nitrogens with one attached hydrogen (secondary N) is 2. The average Bonchev–Trinajstić information content (AvgIpc) is 3.48. The maximum atomic E-state index is 12.5. The first-order valence-electron chi connectivity index (χ1n) is 9.05. The summed E-state index contributed by atoms with van der Waals surface area (Å²) >= 11 is 0. The molecular formula is C20H24N2O4S. The highest BCUT2D eigenvalue weighted by Crippen LogP contribution is 2.32. The normalized spacial score (nSPS) is 15.0. The number of benzene rings is 2. The summed E-state index contributed by atoms with van der Waals surface area (Å²) in [5.74, 6) is 1.05. The van der Waals surface area contributed by atoms with Crippen LogP contribution in [-0.2, 0) is 10.0 Å². The van der Waals surface area contributed by atoms with Gasteiger partial charge in [-0.3, -0.25) is 9.52 Å². The largest absolute Gasteiger partial charge is 0.494 e. The van der Waals surface area contributed by atoms with Gasteiger partial charge in [0.05, 0.1) is 11.5 Å². The molecule has 7 heteroatoms. The summed E-state index contributed by atoms with van der Waals surface area (Å²) in [5.41, 5.74) is 0.905. The van der Waals surface area contributed by atoms with Crippen molar-refractivity contribution in [3.05, 3.63) is 54.1 Å². The molecule has 0 spiro atoms. The molecule has 144 valence electrons. The Hall–Kier alpha value is -2.54. The van der Waals surface area contributed by atoms with Gasteiger partial charge < -0.3 is 10.1 Å². The maximum absolute atomic E-state index is 12.5. The molecule has 6 nitrogen and oxygen atoms in total. The van der Waals surface area contributed by atoms with Crippen LogP contribution in [0.5, 0.6) is 5.75 Å². The molecule has 1 fully saturated rings. The molecule has 2 aromatic rings. The lowest BCUT2D eigenvalue weighted by atomic mass is 10.1. The third kappa shape index (κ3) is 5.01. The Balaban J connectivity index is 1.65. The molecule has 2 aromatic carbocycles. The van der Waals surface area contributed by atoms with Gasteiger partial charge in [-0.15, -0.1) is 0 Å². The summed E-state index contributed by atoms with van der Waals surface area (Å²) in [6, 6.07) is 12.8. The Morgan fingerprint density at radius 1 is 1.11 bits per heavy atom. The standard InChI is InChI=1S/C20H24N2O4S/c1-3-26-18-10-12-19(13-11-18)27(24,25)22-17-8-6-16(7-9-17)20(23)21-14(2)15-4-5-15/h6-15,22H,3-5H2,1-2H3,(H,21,23). The summed E-state index contributed by atoms with van der Waals surface area (Å²) in [6.07, 6.45) is 2.32. The fourth-order valence-electron chi connectivity index (χ4n) is 2.79. The highest BCUT2D eigenvalue weighted by atomic mass is 32.2. The van der Waals surface area contributed by atoms with Crippen LogP contribution < -0.4 is 14.8 Å². The Kier molecular flexibility index (Phi) is 5.70. The van der Waals surface area contributed by atoms with Crippen LogP contribution in [-0.4, -0.2) is 27.0 Å². The summed E-state index contributed by atoms with van der Waals surface area (Å²) in [6.45, 7) is 4.39. The third-order valence-corrected chi connectivity index (χ3v) is 5.93. The minimum absolute atomic E-state index is 0.143. The minimum Gasteiger partial charge on any atom is -0.494 e. The van der Waals surface area contributed by atoms with Crippen molar-refractivity contribution in [3.63, 3.8) is 0 Å². The first kappa shape index (κ1) is 19.2. The van der Waals surface area contributed by atoms with Crippen molar-refractivity contribution in [3.8, 4) is 5.75 Å². The van der Waals surface area contributed by atoms with Crippen LogP contribution in [0.3, 0.4) is 0 Å². The number of hydrogen-bond acceptors (Lipinski definition) is 4. The van der Waals surface area contributed by atoms with Crippen molar-refractivity contribution in [1.82, 2.24) is 5.32 Å². The molecule has 1 aliphatic rings. The summed E-state index contributed by atoms with van der Waals surface area (Å²) in [4.78, 5) is 12.4. The monoisotopic (exact) mass is 388 g/mol. The number of rotatable bonds is 8. The van der Waals surface area contributed by atoms with Gasteiger partial charge in [0.15, 0.2) is 0 Å². The molecule has 27 heavy (non-hydrogen) atoms. The van der Waals surface area contributed by atoms with Crippen LogP contribution in [0.15, 0.2) is 53.4 Å². The van der Waals surface area contributed by atoms with Gasteiger partial charge in [0, 0.05) is 17.3 Å². The lowest BCUT2D eigenvalue weighted by Gasteiger charge is -2.13. The molecule has 1 unspecified atom stereocenters. The lowest BCUT2D eigenvalue weighted by molar-refractivity contribution is 0.0936. The van der Waals surface area contributed by atoms with Crippen molar-refractivity contribution >= 4 is 21.6 Å². The van der Waals surface area contributed by atoms with Crippen LogP contribution >= 0.6 is 0 Å². The Morgan fingerprint density at radius 2 is 1.74 bits per heavy atom. The fourth-order valence-corrected chi connectivity index (χ4v) is 3.85. The Labute approximate surface area is 160 Å². The third-order valence-electron chi connectivity index (χ3n) is 4.53. The van der Waals surface area contributed by atoms with Crippen LogP contribution in [0.1, 0.15) is 37.0 Å². The van der Waals surface area contributed by atoms with Gasteiger partial charge >= 0.3 is 0 Å². The molecule has 1 aliphatic carbocycles. The first-order valence-corrected chi connectivity index (χ1v) is 10.5. The molecule has 0 aromatic heterocycles. The smallest absolute Gasteiger partial charge is 0.261 e. The van der Waals surface area contributed by atoms with E-state index >= 15 is 0 Å². The minimum atomic E-state index is -3.71. The number of carbonyl (C=O) groups excluding carboxylic acids is 1. The van der Waals surface area contributed by atoms with E-state index in [1.165, 1.54) is 12.1 Å². The van der Waals surface area contributed by atoms with Gasteiger partial charge in [0.25, 0.3) is 15.9 Å². The topological polar surface area (TPSA) is 84.5 Å². The number of ether oxygens (including phenoxy) is 1. The average molecular weight is 388 g/mol. The van der Waals surface area contributed by atoms with E-state index in [0.717, 1.165) is 12.8 Å². The van der Waals surface area contributed by atoms with E-state index in [1.54, 1.807) is 36.4 Å². The zero-order valence-corrected chi connectivity index (χ0v) is 16.3. The van der Waals surface area contributed by atoms with Gasteiger partial charge in [-0.25, -0.2) is 8.42 Å². The van der Waals surface area contributed by atoms with E-state index in [0.29, 0.717) is 29.5 Å². The van der Waals surface area contributed by atoms with Gasteiger partial charge in [0.2, 0.25) is 0 Å². The molecule has 0 radical (unpaired) electrons. The molecule has 2 N–H and O–H groups in total. The molecule has 1 atom stereocenters. The van der Waals surface area contributed by atoms with Crippen LogP contribution in [0.4, 0.5) is 5.69 Å². The van der Waals surface area contributed by atoms with E-state index in [9.17, 15) is 13.2 Å². The quantitative estimate of drug-likeness (QED) is 0.726. The van der Waals surface area contributed by atoms with Crippen LogP contribution in [0.25, 0.3) is 0 Å². The second kappa shape index (κ2) is 8.00. The fraction of sp³-hybridized carbons (Fsp3) is 0.350. The predicted octanol–water partition coefficient (Wildman–Crippen LogP) is 3.41. The number of hydrogen-bond donors (Lipinski definition) is 2. The van der Waals surface area contributed by atoms with Crippen molar-refractivity contribution in [2.24, 2.45) is 5.92 Å². The second-order valence-electron chi connectivity index (χ2n) is 6.69. The van der Waals surface area contributed by atoms with Gasteiger partial charge in [0.1, 0.15) is 5.75 Å². The Bertz CT molecular complexity index is 889. The van der Waals surface area contributed by atoms with Gasteiger partial charge in [-0.1, -0.05) is 0 Å². The second-order valence-corrected chi connectivity index (χ2v) is 8.37. The number of sulfonamides is 1. The summed E-state index contributed by atoms with van der Waals surface area (Å²) in [7, 11) is -3.71. The van der Waals surface area contributed by atoms with Gasteiger partial charge in [-0.2, -0.15) is 0 Å². The van der Waals surface area contributed by atoms with E-state index in [4.69, 9.17) is 4.74 Å². The molecule has 0 aliphatic heterocycles.